The molecule has 0 aromatic heterocycles. The lowest BCUT2D eigenvalue weighted by molar-refractivity contribution is 0.816. The van der Waals surface area contributed by atoms with E-state index in [-0.39, 0.29) is 0 Å². The highest BCUT2D eigenvalue weighted by molar-refractivity contribution is 7.80. The number of aryl methyl sites for hydroxylation is 1. The first-order chi connectivity index (χ1) is 7.08. The van der Waals surface area contributed by atoms with E-state index >= 15 is 0 Å². The monoisotopic (exact) mass is 223 g/mol. The van der Waals surface area contributed by atoms with E-state index in [1.807, 2.05) is 0 Å². The first kappa shape index (κ1) is 12.4. The standard InChI is InChI=1S/C13H21NS/c1-10(2)14-13-8-6-12(7-9-13)5-4-11(3)15/h6-11,14-15H,4-5H2,1-3H3. The van der Waals surface area contributed by atoms with E-state index in [1.54, 1.807) is 0 Å². The lowest BCUT2D eigenvalue weighted by Gasteiger charge is -2.10. The van der Waals surface area contributed by atoms with Crippen molar-refractivity contribution in [2.75, 3.05) is 5.32 Å². The van der Waals surface area contributed by atoms with Crippen LogP contribution in [0, 0.1) is 0 Å². The zero-order valence-corrected chi connectivity index (χ0v) is 10.7. The van der Waals surface area contributed by atoms with Gasteiger partial charge in [-0.2, -0.15) is 12.6 Å². The van der Waals surface area contributed by atoms with Crippen molar-refractivity contribution >= 4 is 18.3 Å². The summed E-state index contributed by atoms with van der Waals surface area (Å²) < 4.78 is 0. The third kappa shape index (κ3) is 5.12. The molecule has 0 aliphatic carbocycles. The van der Waals surface area contributed by atoms with E-state index in [4.69, 9.17) is 0 Å². The van der Waals surface area contributed by atoms with Gasteiger partial charge in [0.25, 0.3) is 0 Å². The Morgan fingerprint density at radius 1 is 1.13 bits per heavy atom. The molecule has 0 heterocycles. The van der Waals surface area contributed by atoms with E-state index in [0.717, 1.165) is 12.8 Å². The molecule has 1 atom stereocenters. The smallest absolute Gasteiger partial charge is 0.0342 e. The number of nitrogens with one attached hydrogen (secondary N) is 1. The molecule has 0 saturated carbocycles. The summed E-state index contributed by atoms with van der Waals surface area (Å²) >= 11 is 4.38. The van der Waals surface area contributed by atoms with Crippen LogP contribution in [0.15, 0.2) is 24.3 Å². The number of thiol groups is 1. The van der Waals surface area contributed by atoms with E-state index in [1.165, 1.54) is 11.3 Å². The van der Waals surface area contributed by atoms with Gasteiger partial charge in [-0.15, -0.1) is 0 Å². The van der Waals surface area contributed by atoms with Gasteiger partial charge in [-0.05, 0) is 49.6 Å². The second kappa shape index (κ2) is 6.06. The molecule has 0 aliphatic rings. The third-order valence-corrected chi connectivity index (χ3v) is 2.52. The minimum Gasteiger partial charge on any atom is -0.383 e. The molecule has 15 heavy (non-hydrogen) atoms. The summed E-state index contributed by atoms with van der Waals surface area (Å²) in [5.41, 5.74) is 2.60. The molecule has 0 fully saturated rings. The summed E-state index contributed by atoms with van der Waals surface area (Å²) in [5, 5.41) is 3.87. The topological polar surface area (TPSA) is 12.0 Å². The molecular formula is C13H21NS. The Morgan fingerprint density at radius 2 is 1.73 bits per heavy atom. The highest BCUT2D eigenvalue weighted by Crippen LogP contribution is 2.13. The number of rotatable bonds is 5. The summed E-state index contributed by atoms with van der Waals surface area (Å²) in [6.07, 6.45) is 2.26. The van der Waals surface area contributed by atoms with E-state index < -0.39 is 0 Å². The Bertz CT molecular complexity index is 277. The van der Waals surface area contributed by atoms with Crippen LogP contribution in [0.5, 0.6) is 0 Å². The van der Waals surface area contributed by atoms with Gasteiger partial charge in [0.2, 0.25) is 0 Å². The average molecular weight is 223 g/mol. The maximum absolute atomic E-state index is 4.38. The maximum atomic E-state index is 4.38. The molecule has 1 N–H and O–H groups in total. The normalized spacial score (nSPS) is 12.9. The quantitative estimate of drug-likeness (QED) is 0.724. The van der Waals surface area contributed by atoms with Crippen molar-refractivity contribution in [3.05, 3.63) is 29.8 Å². The zero-order valence-electron chi connectivity index (χ0n) is 9.83. The molecule has 2 heteroatoms. The summed E-state index contributed by atoms with van der Waals surface area (Å²) in [7, 11) is 0. The molecule has 0 bridgehead atoms. The molecule has 1 unspecified atom stereocenters. The predicted octanol–water partition coefficient (Wildman–Crippen LogP) is 3.76. The van der Waals surface area contributed by atoms with Gasteiger partial charge in [0.05, 0.1) is 0 Å². The van der Waals surface area contributed by atoms with Gasteiger partial charge >= 0.3 is 0 Å². The van der Waals surface area contributed by atoms with Crippen molar-refractivity contribution in [1.29, 1.82) is 0 Å². The molecule has 0 spiro atoms. The van der Waals surface area contributed by atoms with Gasteiger partial charge in [-0.1, -0.05) is 19.1 Å². The Balaban J connectivity index is 2.49. The van der Waals surface area contributed by atoms with Crippen molar-refractivity contribution < 1.29 is 0 Å². The summed E-state index contributed by atoms with van der Waals surface area (Å²) in [6.45, 7) is 6.44. The van der Waals surface area contributed by atoms with Crippen molar-refractivity contribution in [1.82, 2.24) is 0 Å². The van der Waals surface area contributed by atoms with Crippen molar-refractivity contribution in [3.8, 4) is 0 Å². The van der Waals surface area contributed by atoms with Crippen LogP contribution in [0.4, 0.5) is 5.69 Å². The fraction of sp³-hybridized carbons (Fsp3) is 0.538. The molecule has 84 valence electrons. The first-order valence-corrected chi connectivity index (χ1v) is 6.13. The second-order valence-electron chi connectivity index (χ2n) is 4.38. The van der Waals surface area contributed by atoms with Crippen LogP contribution in [-0.2, 0) is 6.42 Å². The van der Waals surface area contributed by atoms with Gasteiger partial charge < -0.3 is 5.32 Å². The maximum Gasteiger partial charge on any atom is 0.0342 e. The first-order valence-electron chi connectivity index (χ1n) is 5.61. The zero-order chi connectivity index (χ0) is 11.3. The largest absolute Gasteiger partial charge is 0.383 e. The van der Waals surface area contributed by atoms with Gasteiger partial charge in [-0.25, -0.2) is 0 Å². The Morgan fingerprint density at radius 3 is 2.20 bits per heavy atom. The van der Waals surface area contributed by atoms with Gasteiger partial charge in [0.1, 0.15) is 0 Å². The highest BCUT2D eigenvalue weighted by Gasteiger charge is 1.98. The van der Waals surface area contributed by atoms with Crippen LogP contribution in [-0.4, -0.2) is 11.3 Å². The van der Waals surface area contributed by atoms with Crippen LogP contribution in [0.25, 0.3) is 0 Å². The lowest BCUT2D eigenvalue weighted by Crippen LogP contribution is -2.09. The fourth-order valence-corrected chi connectivity index (χ4v) is 1.61. The summed E-state index contributed by atoms with van der Waals surface area (Å²) in [6, 6.07) is 9.19. The Kier molecular flexibility index (Phi) is 5.03. The fourth-order valence-electron chi connectivity index (χ4n) is 1.48. The molecule has 0 saturated heterocycles. The number of anilines is 1. The van der Waals surface area contributed by atoms with Crippen molar-refractivity contribution in [2.45, 2.75) is 44.9 Å². The molecule has 0 amide bonds. The number of hydrogen-bond acceptors (Lipinski definition) is 2. The highest BCUT2D eigenvalue weighted by atomic mass is 32.1. The lowest BCUT2D eigenvalue weighted by atomic mass is 10.1. The van der Waals surface area contributed by atoms with Crippen molar-refractivity contribution in [3.63, 3.8) is 0 Å². The Hall–Kier alpha value is -0.630. The van der Waals surface area contributed by atoms with Gasteiger partial charge in [-0.3, -0.25) is 0 Å². The van der Waals surface area contributed by atoms with E-state index in [9.17, 15) is 0 Å². The molecule has 1 aromatic carbocycles. The molecule has 0 aliphatic heterocycles. The molecule has 1 rings (SSSR count). The van der Waals surface area contributed by atoms with E-state index in [2.05, 4.69) is 63.0 Å². The average Bonchev–Trinajstić information content (AvgIpc) is 2.16. The number of benzene rings is 1. The van der Waals surface area contributed by atoms with Crippen LogP contribution < -0.4 is 5.32 Å². The molecule has 1 nitrogen and oxygen atoms in total. The Labute approximate surface area is 98.7 Å². The van der Waals surface area contributed by atoms with Crippen LogP contribution in [0.2, 0.25) is 0 Å². The third-order valence-electron chi connectivity index (χ3n) is 2.26. The van der Waals surface area contributed by atoms with Crippen LogP contribution in [0.3, 0.4) is 0 Å². The van der Waals surface area contributed by atoms with Gasteiger partial charge in [0, 0.05) is 11.7 Å². The van der Waals surface area contributed by atoms with E-state index in [0.29, 0.717) is 11.3 Å². The number of hydrogen-bond donors (Lipinski definition) is 2. The predicted molar refractivity (Wildman–Crippen MR) is 72.0 cm³/mol. The molecule has 1 aromatic rings. The summed E-state index contributed by atoms with van der Waals surface area (Å²) in [4.78, 5) is 0. The van der Waals surface area contributed by atoms with Gasteiger partial charge in [0.15, 0.2) is 0 Å². The van der Waals surface area contributed by atoms with Crippen molar-refractivity contribution in [2.24, 2.45) is 0 Å². The second-order valence-corrected chi connectivity index (χ2v) is 5.27. The SMILES string of the molecule is CC(S)CCc1ccc(NC(C)C)cc1. The molecule has 0 radical (unpaired) electrons. The minimum atomic E-state index is 0.485. The summed E-state index contributed by atoms with van der Waals surface area (Å²) in [5.74, 6) is 0. The van der Waals surface area contributed by atoms with Crippen LogP contribution >= 0.6 is 12.6 Å². The molecular weight excluding hydrogens is 202 g/mol. The van der Waals surface area contributed by atoms with Crippen LogP contribution in [0.1, 0.15) is 32.8 Å². The minimum absolute atomic E-state index is 0.485.